The van der Waals surface area contributed by atoms with Crippen LogP contribution in [0.25, 0.3) is 11.3 Å². The third-order valence-electron chi connectivity index (χ3n) is 2.77. The lowest BCUT2D eigenvalue weighted by Gasteiger charge is -2.04. The van der Waals surface area contributed by atoms with Crippen molar-refractivity contribution in [3.05, 3.63) is 33.7 Å². The van der Waals surface area contributed by atoms with Crippen LogP contribution in [0.5, 0.6) is 0 Å². The van der Waals surface area contributed by atoms with E-state index in [2.05, 4.69) is 33.5 Å². The Bertz CT molecular complexity index is 591. The fraction of sp³-hybridized carbons (Fsp3) is 0.214. The Labute approximate surface area is 121 Å². The summed E-state index contributed by atoms with van der Waals surface area (Å²) in [6, 6.07) is 8.14. The molecule has 0 saturated carbocycles. The Balaban J connectivity index is 2.52. The number of benzene rings is 1. The topological polar surface area (TPSA) is 43.8 Å². The van der Waals surface area contributed by atoms with Crippen molar-refractivity contribution >= 4 is 28.4 Å². The molecule has 2 rings (SSSR count). The van der Waals surface area contributed by atoms with Crippen LogP contribution in [-0.4, -0.2) is 9.55 Å². The van der Waals surface area contributed by atoms with Crippen molar-refractivity contribution in [2.24, 2.45) is 0 Å². The van der Waals surface area contributed by atoms with Gasteiger partial charge in [0.25, 0.3) is 0 Å². The van der Waals surface area contributed by atoms with Gasteiger partial charge in [0.2, 0.25) is 0 Å². The van der Waals surface area contributed by atoms with Crippen molar-refractivity contribution in [2.75, 3.05) is 5.73 Å². The van der Waals surface area contributed by atoms with Gasteiger partial charge in [0.05, 0.1) is 6.54 Å². The molecule has 0 spiro atoms. The molecule has 1 heterocycles. The zero-order chi connectivity index (χ0) is 13.1. The van der Waals surface area contributed by atoms with Gasteiger partial charge in [0.15, 0.2) is 0 Å². The highest BCUT2D eigenvalue weighted by Crippen LogP contribution is 2.27. The van der Waals surface area contributed by atoms with E-state index in [-0.39, 0.29) is 0 Å². The highest BCUT2D eigenvalue weighted by molar-refractivity contribution is 14.1. The van der Waals surface area contributed by atoms with Crippen LogP contribution in [0.1, 0.15) is 12.7 Å². The van der Waals surface area contributed by atoms with Gasteiger partial charge in [-0.2, -0.15) is 0 Å². The van der Waals surface area contributed by atoms with Gasteiger partial charge in [-0.05, 0) is 34.7 Å². The van der Waals surface area contributed by atoms with E-state index in [0.717, 1.165) is 23.5 Å². The number of anilines is 1. The highest BCUT2D eigenvalue weighted by atomic mass is 127. The number of imidazole rings is 1. The van der Waals surface area contributed by atoms with Crippen LogP contribution >= 0.6 is 22.6 Å². The average molecular weight is 351 g/mol. The average Bonchev–Trinajstić information content (AvgIpc) is 2.69. The van der Waals surface area contributed by atoms with Crippen molar-refractivity contribution in [3.63, 3.8) is 0 Å². The van der Waals surface area contributed by atoms with E-state index < -0.39 is 0 Å². The largest absolute Gasteiger partial charge is 0.383 e. The maximum atomic E-state index is 6.14. The molecule has 2 N–H and O–H groups in total. The molecule has 0 aliphatic rings. The summed E-state index contributed by atoms with van der Waals surface area (Å²) < 4.78 is 3.08. The number of hydrogen-bond acceptors (Lipinski definition) is 2. The van der Waals surface area contributed by atoms with E-state index in [1.54, 1.807) is 0 Å². The van der Waals surface area contributed by atoms with Gasteiger partial charge in [-0.3, -0.25) is 0 Å². The molecule has 18 heavy (non-hydrogen) atoms. The number of nitrogens with zero attached hydrogens (tertiary/aromatic N) is 2. The molecule has 4 heteroatoms. The first-order valence-corrected chi connectivity index (χ1v) is 6.79. The predicted octanol–water partition coefficient (Wildman–Crippen LogP) is 2.93. The minimum absolute atomic E-state index is 0.465. The number of nitrogens with two attached hydrogens (primary N) is 1. The molecule has 0 radical (unpaired) electrons. The second kappa shape index (κ2) is 5.44. The number of aromatic nitrogens is 2. The number of rotatable bonds is 3. The lowest BCUT2D eigenvalue weighted by atomic mass is 10.1. The first-order chi connectivity index (χ1) is 8.67. The molecule has 0 aliphatic heterocycles. The van der Waals surface area contributed by atoms with Crippen molar-refractivity contribution in [1.29, 1.82) is 0 Å². The molecule has 0 unspecified atom stereocenters. The van der Waals surface area contributed by atoms with Gasteiger partial charge >= 0.3 is 0 Å². The molecule has 0 bridgehead atoms. The standard InChI is InChI=1S/C14H14IN3/c1-3-9-18-12(4-2)17-13(14(18)16)10-5-7-11(15)8-6-10/h1,5-8H,4,9,16H2,2H3. The molecule has 0 aliphatic carbocycles. The zero-order valence-corrected chi connectivity index (χ0v) is 12.3. The van der Waals surface area contributed by atoms with Crippen LogP contribution in [0, 0.1) is 15.9 Å². The molecular formula is C14H14IN3. The van der Waals surface area contributed by atoms with Crippen LogP contribution in [-0.2, 0) is 13.0 Å². The summed E-state index contributed by atoms with van der Waals surface area (Å²) in [4.78, 5) is 4.59. The molecule has 92 valence electrons. The van der Waals surface area contributed by atoms with E-state index in [1.807, 2.05) is 35.8 Å². The van der Waals surface area contributed by atoms with Crippen molar-refractivity contribution in [1.82, 2.24) is 9.55 Å². The third kappa shape index (κ3) is 2.36. The summed E-state index contributed by atoms with van der Waals surface area (Å²) in [6.07, 6.45) is 6.18. The summed E-state index contributed by atoms with van der Waals surface area (Å²) in [5.41, 5.74) is 7.98. The molecule has 0 saturated heterocycles. The normalized spacial score (nSPS) is 10.3. The molecule has 2 aromatic rings. The quantitative estimate of drug-likeness (QED) is 0.683. The summed E-state index contributed by atoms with van der Waals surface area (Å²) in [5, 5.41) is 0. The maximum absolute atomic E-state index is 6.14. The molecule has 3 nitrogen and oxygen atoms in total. The van der Waals surface area contributed by atoms with Gasteiger partial charge < -0.3 is 10.3 Å². The number of halogens is 1. The molecular weight excluding hydrogens is 337 g/mol. The van der Waals surface area contributed by atoms with Crippen LogP contribution in [0.4, 0.5) is 5.82 Å². The Morgan fingerprint density at radius 1 is 1.39 bits per heavy atom. The first kappa shape index (κ1) is 13.0. The summed E-state index contributed by atoms with van der Waals surface area (Å²) in [6.45, 7) is 2.51. The number of terminal acetylenes is 1. The minimum Gasteiger partial charge on any atom is -0.383 e. The van der Waals surface area contributed by atoms with Crippen molar-refractivity contribution in [3.8, 4) is 23.6 Å². The van der Waals surface area contributed by atoms with Crippen molar-refractivity contribution < 1.29 is 0 Å². The van der Waals surface area contributed by atoms with Crippen LogP contribution in [0.2, 0.25) is 0 Å². The van der Waals surface area contributed by atoms with Crippen LogP contribution in [0.3, 0.4) is 0 Å². The highest BCUT2D eigenvalue weighted by Gasteiger charge is 2.14. The monoisotopic (exact) mass is 351 g/mol. The molecule has 1 aromatic carbocycles. The number of hydrogen-bond donors (Lipinski definition) is 1. The van der Waals surface area contributed by atoms with Gasteiger partial charge in [-0.1, -0.05) is 25.0 Å². The van der Waals surface area contributed by atoms with Crippen molar-refractivity contribution in [2.45, 2.75) is 19.9 Å². The van der Waals surface area contributed by atoms with E-state index in [9.17, 15) is 0 Å². The van der Waals surface area contributed by atoms with E-state index >= 15 is 0 Å². The Hall–Kier alpha value is -1.48. The Kier molecular flexibility index (Phi) is 3.92. The second-order valence-corrected chi connectivity index (χ2v) is 5.16. The fourth-order valence-corrected chi connectivity index (χ4v) is 2.23. The Morgan fingerprint density at radius 3 is 2.61 bits per heavy atom. The van der Waals surface area contributed by atoms with E-state index in [1.165, 1.54) is 3.57 Å². The smallest absolute Gasteiger partial charge is 0.132 e. The minimum atomic E-state index is 0.465. The third-order valence-corrected chi connectivity index (χ3v) is 3.49. The summed E-state index contributed by atoms with van der Waals surface area (Å²) in [7, 11) is 0. The fourth-order valence-electron chi connectivity index (χ4n) is 1.87. The van der Waals surface area contributed by atoms with Gasteiger partial charge in [-0.25, -0.2) is 4.98 Å². The zero-order valence-electron chi connectivity index (χ0n) is 10.2. The molecule has 0 amide bonds. The Morgan fingerprint density at radius 2 is 2.06 bits per heavy atom. The lowest BCUT2D eigenvalue weighted by Crippen LogP contribution is -2.05. The molecule has 0 fully saturated rings. The van der Waals surface area contributed by atoms with E-state index in [4.69, 9.17) is 12.2 Å². The van der Waals surface area contributed by atoms with Gasteiger partial charge in [-0.15, -0.1) is 6.42 Å². The summed E-state index contributed by atoms with van der Waals surface area (Å²) in [5.74, 6) is 4.19. The van der Waals surface area contributed by atoms with Crippen LogP contribution in [0.15, 0.2) is 24.3 Å². The first-order valence-electron chi connectivity index (χ1n) is 5.71. The molecule has 1 aromatic heterocycles. The summed E-state index contributed by atoms with van der Waals surface area (Å²) >= 11 is 2.27. The van der Waals surface area contributed by atoms with Gasteiger partial charge in [0, 0.05) is 15.6 Å². The predicted molar refractivity (Wildman–Crippen MR) is 83.0 cm³/mol. The second-order valence-electron chi connectivity index (χ2n) is 3.91. The number of nitrogen functional groups attached to an aromatic ring is 1. The van der Waals surface area contributed by atoms with Gasteiger partial charge in [0.1, 0.15) is 17.3 Å². The van der Waals surface area contributed by atoms with Crippen LogP contribution < -0.4 is 5.73 Å². The molecule has 0 atom stereocenters. The number of aryl methyl sites for hydroxylation is 1. The maximum Gasteiger partial charge on any atom is 0.132 e. The lowest BCUT2D eigenvalue weighted by molar-refractivity contribution is 0.769. The SMILES string of the molecule is C#CCn1c(CC)nc(-c2ccc(I)cc2)c1N. The van der Waals surface area contributed by atoms with E-state index in [0.29, 0.717) is 12.4 Å².